The van der Waals surface area contributed by atoms with E-state index in [1.807, 2.05) is 91.0 Å². The van der Waals surface area contributed by atoms with Crippen molar-refractivity contribution in [3.8, 4) is 78.6 Å². The van der Waals surface area contributed by atoms with Crippen LogP contribution in [0.5, 0.6) is 5.75 Å². The Labute approximate surface area is 389 Å². The number of phenols is 1. The minimum atomic E-state index is -4.23. The predicted octanol–water partition coefficient (Wildman–Crippen LogP) is 15.0. The molecule has 2 heterocycles. The zero-order valence-corrected chi connectivity index (χ0v) is 32.5. The number of phenolic OH excluding ortho intramolecular Hbond substituents is 1. The van der Waals surface area contributed by atoms with Gasteiger partial charge in [-0.25, -0.2) is 4.98 Å². The van der Waals surface area contributed by atoms with Gasteiger partial charge in [0.1, 0.15) is 11.6 Å². The Kier molecular flexibility index (Phi) is 5.60. The van der Waals surface area contributed by atoms with Crippen LogP contribution < -0.4 is 0 Å². The molecule has 9 rings (SSSR count). The average Bonchev–Trinajstić information content (AvgIpc) is 0.877. The molecule has 61 heavy (non-hydrogen) atoms. The van der Waals surface area contributed by atoms with Crippen molar-refractivity contribution in [1.82, 2.24) is 14.5 Å². The summed E-state index contributed by atoms with van der Waals surface area (Å²) >= 11 is 0. The van der Waals surface area contributed by atoms with Crippen molar-refractivity contribution in [3.63, 3.8) is 0 Å². The second kappa shape index (κ2) is 15.5. The van der Waals surface area contributed by atoms with E-state index in [4.69, 9.17) is 38.8 Å². The van der Waals surface area contributed by atoms with E-state index in [0.29, 0.717) is 45.1 Å². The minimum Gasteiger partial charge on any atom is -0.507 e. The Morgan fingerprint density at radius 3 is 1.79 bits per heavy atom. The zero-order valence-electron chi connectivity index (χ0n) is 53.5. The molecule has 7 aromatic carbocycles. The van der Waals surface area contributed by atoms with Crippen LogP contribution in [0.1, 0.15) is 86.6 Å². The molecule has 0 bridgehead atoms. The molecule has 0 aliphatic carbocycles. The average molecular weight is 815 g/mol. The number of para-hydroxylation sites is 1. The number of benzene rings is 7. The lowest BCUT2D eigenvalue weighted by molar-refractivity contribution is 0.446. The summed E-state index contributed by atoms with van der Waals surface area (Å²) in [6.07, 6.45) is 1.67. The first-order valence-electron chi connectivity index (χ1n) is 29.9. The normalized spacial score (nSPS) is 18.5. The number of hydrogen-bond donors (Lipinski definition) is 1. The molecule has 1 N–H and O–H groups in total. The summed E-state index contributed by atoms with van der Waals surface area (Å²) < 4.78 is 185. The summed E-state index contributed by atoms with van der Waals surface area (Å²) in [7, 11) is 0. The van der Waals surface area contributed by atoms with Gasteiger partial charge in [0.15, 0.2) is 0 Å². The Morgan fingerprint density at radius 2 is 1.13 bits per heavy atom. The first-order valence-corrected chi connectivity index (χ1v) is 19.4. The molecular formula is C57H51N3O. The molecule has 0 unspecified atom stereocenters. The van der Waals surface area contributed by atoms with Crippen LogP contribution in [0.25, 0.3) is 83.9 Å². The fourth-order valence-corrected chi connectivity index (χ4v) is 7.73. The molecule has 0 saturated carbocycles. The number of rotatable bonds is 7. The molecule has 2 aromatic heterocycles. The monoisotopic (exact) mass is 815 g/mol. The van der Waals surface area contributed by atoms with Gasteiger partial charge in [-0.1, -0.05) is 156 Å². The van der Waals surface area contributed by atoms with E-state index in [1.54, 1.807) is 54.7 Å². The number of aryl methyl sites for hydroxylation is 1. The molecule has 9 aromatic rings. The summed E-state index contributed by atoms with van der Waals surface area (Å²) in [5.74, 6) is -2.14. The quantitative estimate of drug-likeness (QED) is 0.174. The number of fused-ring (bicyclic) bond motifs is 1. The van der Waals surface area contributed by atoms with Gasteiger partial charge in [-0.3, -0.25) is 9.55 Å². The van der Waals surface area contributed by atoms with Crippen LogP contribution in [0.2, 0.25) is 0 Å². The van der Waals surface area contributed by atoms with Crippen LogP contribution in [-0.4, -0.2) is 19.6 Å². The second-order valence-electron chi connectivity index (χ2n) is 14.9. The summed E-state index contributed by atoms with van der Waals surface area (Å²) in [4.78, 5) is 9.79. The van der Waals surface area contributed by atoms with Gasteiger partial charge >= 0.3 is 0 Å². The highest BCUT2D eigenvalue weighted by Gasteiger charge is 2.29. The maximum Gasteiger partial charge on any atom is 0.149 e. The molecule has 300 valence electrons. The molecule has 0 aliphatic rings. The lowest BCUT2D eigenvalue weighted by Crippen LogP contribution is -2.17. The highest BCUT2D eigenvalue weighted by Crippen LogP contribution is 2.45. The third-order valence-electron chi connectivity index (χ3n) is 10.7. The highest BCUT2D eigenvalue weighted by molar-refractivity contribution is 5.98. The molecule has 4 nitrogen and oxygen atoms in total. The standard InChI is InChI=1S/C57H51N3O/c1-37-30-41(38-18-11-8-12-19-38)26-27-51(37)60-52-25-17-24-47(53(52)59-55(60)48-35-46(56(2,3)4)36-49(54(48)61)57(5,6)7)44-31-43(40-22-15-10-16-23-40)32-45(33-44)50-34-42(28-29-58-50)39-20-13-9-14-21-39/h8-36,61H,1-7H3/i1D3,2D3,3D3,4D3,5D3,6D3,7D3. The maximum absolute atomic E-state index is 13.0. The van der Waals surface area contributed by atoms with Crippen LogP contribution in [-0.2, 0) is 10.8 Å². The van der Waals surface area contributed by atoms with E-state index in [-0.39, 0.29) is 28.4 Å². The lowest BCUT2D eigenvalue weighted by Gasteiger charge is -2.27. The van der Waals surface area contributed by atoms with E-state index in [0.717, 1.165) is 16.7 Å². The predicted molar refractivity (Wildman–Crippen MR) is 255 cm³/mol. The van der Waals surface area contributed by atoms with Crippen molar-refractivity contribution >= 4 is 11.0 Å². The highest BCUT2D eigenvalue weighted by atomic mass is 16.3. The number of nitrogens with zero attached hydrogens (tertiary/aromatic N) is 3. The first kappa shape index (κ1) is 22.0. The van der Waals surface area contributed by atoms with Gasteiger partial charge in [-0.05, 0) is 122 Å². The number of hydrogen-bond acceptors (Lipinski definition) is 3. The van der Waals surface area contributed by atoms with Gasteiger partial charge in [-0.2, -0.15) is 0 Å². The van der Waals surface area contributed by atoms with Crippen molar-refractivity contribution in [2.45, 2.75) is 58.8 Å². The number of aromatic hydroxyl groups is 1. The molecule has 0 fully saturated rings. The van der Waals surface area contributed by atoms with Gasteiger partial charge in [0.05, 0.1) is 28.0 Å². The van der Waals surface area contributed by atoms with Crippen molar-refractivity contribution in [2.75, 3.05) is 0 Å². The Hall–Kier alpha value is -7.04. The number of imidazole rings is 1. The van der Waals surface area contributed by atoms with Crippen LogP contribution >= 0.6 is 0 Å². The van der Waals surface area contributed by atoms with Gasteiger partial charge < -0.3 is 5.11 Å². The van der Waals surface area contributed by atoms with Crippen molar-refractivity contribution in [2.24, 2.45) is 0 Å². The molecule has 0 saturated heterocycles. The van der Waals surface area contributed by atoms with Crippen LogP contribution in [0.15, 0.2) is 176 Å². The SMILES string of the molecule is [2H]C([2H])([2H])c1cc(-c2ccccc2)ccc1-n1c(-c2cc(C(C([2H])([2H])[2H])(C([2H])([2H])[2H])C([2H])([2H])[2H])cc(C(C([2H])([2H])[2H])(C([2H])([2H])[2H])C([2H])([2H])[2H])c2O)nc2c(-c3cc(-c4ccccc4)cc(-c4cc(-c5ccccc5)ccn4)c3)cccc21. The Morgan fingerprint density at radius 1 is 0.508 bits per heavy atom. The van der Waals surface area contributed by atoms with Crippen molar-refractivity contribution in [3.05, 3.63) is 193 Å². The first-order chi connectivity index (χ1) is 38.0. The topological polar surface area (TPSA) is 50.9 Å². The molecule has 0 aliphatic heterocycles. The van der Waals surface area contributed by atoms with Crippen LogP contribution in [0, 0.1) is 6.85 Å². The van der Waals surface area contributed by atoms with Crippen LogP contribution in [0.3, 0.4) is 0 Å². The maximum atomic E-state index is 13.0. The third-order valence-corrected chi connectivity index (χ3v) is 10.7. The molecule has 0 spiro atoms. The summed E-state index contributed by atoms with van der Waals surface area (Å²) in [6.45, 7) is -28.0. The minimum absolute atomic E-state index is 0.00269. The van der Waals surface area contributed by atoms with Gasteiger partial charge in [0, 0.05) is 51.7 Å². The largest absolute Gasteiger partial charge is 0.507 e. The number of aromatic nitrogens is 3. The van der Waals surface area contributed by atoms with Crippen LogP contribution in [0.4, 0.5) is 0 Å². The molecule has 0 atom stereocenters. The van der Waals surface area contributed by atoms with E-state index in [2.05, 4.69) is 0 Å². The fraction of sp³-hybridized carbons (Fsp3) is 0.158. The van der Waals surface area contributed by atoms with Crippen molar-refractivity contribution in [1.29, 1.82) is 0 Å². The fourth-order valence-electron chi connectivity index (χ4n) is 7.73. The second-order valence-corrected chi connectivity index (χ2v) is 14.9. The van der Waals surface area contributed by atoms with E-state index < -0.39 is 87.1 Å². The molecule has 0 amide bonds. The Balaban J connectivity index is 1.49. The Bertz CT molecular complexity index is 3760. The third kappa shape index (κ3) is 7.66. The van der Waals surface area contributed by atoms with Gasteiger partial charge in [0.25, 0.3) is 0 Å². The van der Waals surface area contributed by atoms with E-state index in [9.17, 15) is 5.11 Å². The summed E-state index contributed by atoms with van der Waals surface area (Å²) in [5.41, 5.74) is -6.52. The smallest absolute Gasteiger partial charge is 0.149 e. The van der Waals surface area contributed by atoms with E-state index in [1.165, 1.54) is 22.8 Å². The van der Waals surface area contributed by atoms with Gasteiger partial charge in [-0.15, -0.1) is 0 Å². The lowest BCUT2D eigenvalue weighted by atomic mass is 9.79. The molecule has 0 radical (unpaired) electrons. The van der Waals surface area contributed by atoms with Crippen molar-refractivity contribution < 1.29 is 33.9 Å². The molecule has 4 heteroatoms. The van der Waals surface area contributed by atoms with E-state index >= 15 is 0 Å². The van der Waals surface area contributed by atoms with Gasteiger partial charge in [0.2, 0.25) is 0 Å². The number of pyridine rings is 1. The summed E-state index contributed by atoms with van der Waals surface area (Å²) in [6, 6.07) is 46.9. The summed E-state index contributed by atoms with van der Waals surface area (Å²) in [5, 5.41) is 13.0. The zero-order chi connectivity index (χ0) is 60.0. The molecular weight excluding hydrogens is 743 g/mol.